The first-order valence-electron chi connectivity index (χ1n) is 6.25. The fraction of sp³-hybridized carbons (Fsp3) is 0.917. The maximum absolute atomic E-state index is 11.4. The number of amides is 1. The number of carbonyl (C=O) groups is 1. The summed E-state index contributed by atoms with van der Waals surface area (Å²) in [4.78, 5) is 11.4. The van der Waals surface area contributed by atoms with Crippen molar-refractivity contribution in [2.45, 2.75) is 39.5 Å². The van der Waals surface area contributed by atoms with Crippen molar-refractivity contribution in [3.63, 3.8) is 0 Å². The fourth-order valence-corrected chi connectivity index (χ4v) is 1.23. The summed E-state index contributed by atoms with van der Waals surface area (Å²) < 4.78 is 5.31. The topological polar surface area (TPSA) is 64.3 Å². The van der Waals surface area contributed by atoms with Crippen LogP contribution in [0, 0.1) is 5.92 Å². The zero-order chi connectivity index (χ0) is 12.2. The molecule has 3 N–H and O–H groups in total. The Bertz CT molecular complexity index is 174. The van der Waals surface area contributed by atoms with Crippen molar-refractivity contribution in [1.29, 1.82) is 0 Å². The van der Waals surface area contributed by atoms with Crippen molar-refractivity contribution >= 4 is 5.91 Å². The lowest BCUT2D eigenvalue weighted by atomic mass is 10.1. The van der Waals surface area contributed by atoms with Crippen LogP contribution >= 0.6 is 0 Å². The number of hydrogen-bond donors (Lipinski definition) is 2. The first kappa shape index (κ1) is 15.4. The molecule has 0 aromatic heterocycles. The normalized spacial score (nSPS) is 12.4. The molecule has 4 heteroatoms. The van der Waals surface area contributed by atoms with Gasteiger partial charge in [-0.05, 0) is 31.7 Å². The van der Waals surface area contributed by atoms with Gasteiger partial charge in [0.2, 0.25) is 5.91 Å². The lowest BCUT2D eigenvalue weighted by molar-refractivity contribution is -0.121. The van der Waals surface area contributed by atoms with E-state index in [1.807, 2.05) is 0 Å². The van der Waals surface area contributed by atoms with Gasteiger partial charge in [0, 0.05) is 26.2 Å². The molecule has 0 radical (unpaired) electrons. The van der Waals surface area contributed by atoms with E-state index in [0.29, 0.717) is 25.4 Å². The first-order chi connectivity index (χ1) is 7.70. The summed E-state index contributed by atoms with van der Waals surface area (Å²) in [6.07, 6.45) is 3.38. The van der Waals surface area contributed by atoms with Gasteiger partial charge in [-0.15, -0.1) is 0 Å². The average Bonchev–Trinajstić information content (AvgIpc) is 2.30. The van der Waals surface area contributed by atoms with Gasteiger partial charge in [0.25, 0.3) is 0 Å². The van der Waals surface area contributed by atoms with Crippen molar-refractivity contribution in [2.75, 3.05) is 26.3 Å². The molecule has 0 spiro atoms. The van der Waals surface area contributed by atoms with Gasteiger partial charge in [0.1, 0.15) is 0 Å². The summed E-state index contributed by atoms with van der Waals surface area (Å²) in [7, 11) is 0. The van der Waals surface area contributed by atoms with E-state index in [-0.39, 0.29) is 5.91 Å². The Labute approximate surface area is 98.9 Å². The zero-order valence-corrected chi connectivity index (χ0v) is 10.6. The number of rotatable bonds is 10. The molecule has 0 aliphatic carbocycles. The molecular weight excluding hydrogens is 204 g/mol. The minimum Gasteiger partial charge on any atom is -0.381 e. The van der Waals surface area contributed by atoms with Crippen molar-refractivity contribution in [3.8, 4) is 0 Å². The molecule has 0 heterocycles. The van der Waals surface area contributed by atoms with Gasteiger partial charge in [0.15, 0.2) is 0 Å². The van der Waals surface area contributed by atoms with Gasteiger partial charge in [-0.25, -0.2) is 0 Å². The summed E-state index contributed by atoms with van der Waals surface area (Å²) in [5.74, 6) is 0.550. The van der Waals surface area contributed by atoms with Crippen molar-refractivity contribution in [3.05, 3.63) is 0 Å². The molecule has 0 rings (SSSR count). The molecular formula is C12H26N2O2. The standard InChI is InChI=1S/C12H26N2O2/c1-3-8-16-9-4-7-14-12(15)6-5-11(2)10-13/h11H,3-10,13H2,1-2H3,(H,14,15). The number of hydrogen-bond acceptors (Lipinski definition) is 3. The van der Waals surface area contributed by atoms with Crippen molar-refractivity contribution in [1.82, 2.24) is 5.32 Å². The summed E-state index contributed by atoms with van der Waals surface area (Å²) >= 11 is 0. The minimum absolute atomic E-state index is 0.121. The molecule has 0 aromatic carbocycles. The predicted octanol–water partition coefficient (Wildman–Crippen LogP) is 1.29. The molecule has 1 atom stereocenters. The molecule has 1 unspecified atom stereocenters. The molecule has 1 amide bonds. The molecule has 96 valence electrons. The summed E-state index contributed by atoms with van der Waals surface area (Å²) in [5, 5.41) is 2.88. The predicted molar refractivity (Wildman–Crippen MR) is 66.2 cm³/mol. The van der Waals surface area contributed by atoms with Gasteiger partial charge in [0.05, 0.1) is 0 Å². The van der Waals surface area contributed by atoms with Crippen LogP contribution in [0.15, 0.2) is 0 Å². The second kappa shape index (κ2) is 10.9. The van der Waals surface area contributed by atoms with Gasteiger partial charge >= 0.3 is 0 Å². The van der Waals surface area contributed by atoms with Gasteiger partial charge in [-0.2, -0.15) is 0 Å². The SMILES string of the molecule is CCCOCCCNC(=O)CCC(C)CN. The maximum Gasteiger partial charge on any atom is 0.220 e. The van der Waals surface area contributed by atoms with E-state index >= 15 is 0 Å². The highest BCUT2D eigenvalue weighted by molar-refractivity contribution is 5.75. The Morgan fingerprint density at radius 3 is 2.81 bits per heavy atom. The summed E-state index contributed by atoms with van der Waals surface area (Å²) in [6.45, 7) is 7.04. The van der Waals surface area contributed by atoms with E-state index in [2.05, 4.69) is 19.2 Å². The monoisotopic (exact) mass is 230 g/mol. The van der Waals surface area contributed by atoms with Crippen LogP contribution in [0.4, 0.5) is 0 Å². The molecule has 0 aliphatic heterocycles. The van der Waals surface area contributed by atoms with E-state index in [9.17, 15) is 4.79 Å². The quantitative estimate of drug-likeness (QED) is 0.556. The third-order valence-electron chi connectivity index (χ3n) is 2.40. The van der Waals surface area contributed by atoms with Crippen LogP contribution < -0.4 is 11.1 Å². The Balaban J connectivity index is 3.24. The first-order valence-corrected chi connectivity index (χ1v) is 6.25. The number of ether oxygens (including phenoxy) is 1. The Kier molecular flexibility index (Phi) is 10.5. The highest BCUT2D eigenvalue weighted by Gasteiger charge is 2.04. The van der Waals surface area contributed by atoms with Crippen molar-refractivity contribution in [2.24, 2.45) is 11.7 Å². The van der Waals surface area contributed by atoms with E-state index in [4.69, 9.17) is 10.5 Å². The van der Waals surface area contributed by atoms with Crippen LogP contribution in [0.25, 0.3) is 0 Å². The fourth-order valence-electron chi connectivity index (χ4n) is 1.23. The second-order valence-electron chi connectivity index (χ2n) is 4.20. The number of carbonyl (C=O) groups excluding carboxylic acids is 1. The lowest BCUT2D eigenvalue weighted by Gasteiger charge is -2.08. The van der Waals surface area contributed by atoms with Gasteiger partial charge in [-0.3, -0.25) is 4.79 Å². The summed E-state index contributed by atoms with van der Waals surface area (Å²) in [6, 6.07) is 0. The summed E-state index contributed by atoms with van der Waals surface area (Å²) in [5.41, 5.74) is 5.48. The smallest absolute Gasteiger partial charge is 0.220 e. The van der Waals surface area contributed by atoms with Gasteiger partial charge < -0.3 is 15.8 Å². The lowest BCUT2D eigenvalue weighted by Crippen LogP contribution is -2.26. The maximum atomic E-state index is 11.4. The van der Waals surface area contributed by atoms with Crippen LogP contribution in [0.5, 0.6) is 0 Å². The highest BCUT2D eigenvalue weighted by Crippen LogP contribution is 2.02. The zero-order valence-electron chi connectivity index (χ0n) is 10.6. The van der Waals surface area contributed by atoms with Crippen LogP contribution in [0.3, 0.4) is 0 Å². The number of nitrogens with two attached hydrogens (primary N) is 1. The van der Waals surface area contributed by atoms with Crippen LogP contribution in [-0.2, 0) is 9.53 Å². The van der Waals surface area contributed by atoms with Crippen molar-refractivity contribution < 1.29 is 9.53 Å². The third-order valence-corrected chi connectivity index (χ3v) is 2.40. The molecule has 0 aliphatic rings. The largest absolute Gasteiger partial charge is 0.381 e. The minimum atomic E-state index is 0.121. The van der Waals surface area contributed by atoms with Crippen LogP contribution in [-0.4, -0.2) is 32.2 Å². The molecule has 0 aromatic rings. The Morgan fingerprint density at radius 2 is 2.19 bits per heavy atom. The second-order valence-corrected chi connectivity index (χ2v) is 4.20. The van der Waals surface area contributed by atoms with E-state index in [1.165, 1.54) is 0 Å². The third kappa shape index (κ3) is 9.93. The number of nitrogens with one attached hydrogen (secondary N) is 1. The van der Waals surface area contributed by atoms with E-state index < -0.39 is 0 Å². The van der Waals surface area contributed by atoms with E-state index in [1.54, 1.807) is 0 Å². The Hall–Kier alpha value is -0.610. The van der Waals surface area contributed by atoms with Crippen LogP contribution in [0.2, 0.25) is 0 Å². The molecule has 4 nitrogen and oxygen atoms in total. The molecule has 0 saturated heterocycles. The molecule has 0 bridgehead atoms. The van der Waals surface area contributed by atoms with E-state index in [0.717, 1.165) is 32.5 Å². The highest BCUT2D eigenvalue weighted by atomic mass is 16.5. The Morgan fingerprint density at radius 1 is 1.44 bits per heavy atom. The molecule has 0 saturated carbocycles. The van der Waals surface area contributed by atoms with Crippen LogP contribution in [0.1, 0.15) is 39.5 Å². The van der Waals surface area contributed by atoms with Gasteiger partial charge in [-0.1, -0.05) is 13.8 Å². The molecule has 16 heavy (non-hydrogen) atoms. The molecule has 0 fully saturated rings. The average molecular weight is 230 g/mol.